The third-order valence-electron chi connectivity index (χ3n) is 6.17. The number of nitrogens with zero attached hydrogens (tertiary/aromatic N) is 1. The van der Waals surface area contributed by atoms with E-state index in [0.29, 0.717) is 11.8 Å². The van der Waals surface area contributed by atoms with E-state index in [4.69, 9.17) is 4.74 Å². The molecule has 2 aromatic rings. The Morgan fingerprint density at radius 1 is 1.09 bits per heavy atom. The van der Waals surface area contributed by atoms with Crippen LogP contribution < -0.4 is 9.64 Å². The van der Waals surface area contributed by atoms with Gasteiger partial charge in [0, 0.05) is 12.1 Å². The highest BCUT2D eigenvalue weighted by molar-refractivity contribution is 5.67. The highest BCUT2D eigenvalue weighted by Crippen LogP contribution is 2.54. The molecular weight excluding hydrogens is 282 g/mol. The SMILES string of the molecule is Cc1ccc2c(c1)N1CC[C@@H](C)[C@H](C)[C@@]1(C)c1ccccc1O2. The maximum absolute atomic E-state index is 6.36. The van der Waals surface area contributed by atoms with Crippen LogP contribution in [0.1, 0.15) is 38.3 Å². The van der Waals surface area contributed by atoms with Crippen LogP contribution in [0.5, 0.6) is 11.5 Å². The molecule has 0 unspecified atom stereocenters. The van der Waals surface area contributed by atoms with Crippen molar-refractivity contribution in [2.45, 2.75) is 39.7 Å². The van der Waals surface area contributed by atoms with Gasteiger partial charge < -0.3 is 9.64 Å². The van der Waals surface area contributed by atoms with Crippen LogP contribution in [-0.2, 0) is 5.54 Å². The second kappa shape index (κ2) is 5.02. The lowest BCUT2D eigenvalue weighted by Crippen LogP contribution is -2.54. The third kappa shape index (κ3) is 2.00. The molecule has 2 heteroatoms. The number of rotatable bonds is 0. The third-order valence-corrected chi connectivity index (χ3v) is 6.17. The van der Waals surface area contributed by atoms with E-state index in [2.05, 4.69) is 75.1 Å². The number of ether oxygens (including phenoxy) is 1. The Morgan fingerprint density at radius 2 is 1.87 bits per heavy atom. The summed E-state index contributed by atoms with van der Waals surface area (Å²) in [7, 11) is 0. The van der Waals surface area contributed by atoms with Gasteiger partial charge in [0.2, 0.25) is 0 Å². The molecule has 2 aliphatic rings. The molecule has 4 rings (SSSR count). The summed E-state index contributed by atoms with van der Waals surface area (Å²) in [6, 6.07) is 15.1. The fourth-order valence-corrected chi connectivity index (χ4v) is 4.39. The number of aryl methyl sites for hydroxylation is 1. The molecule has 2 aromatic carbocycles. The van der Waals surface area contributed by atoms with Gasteiger partial charge in [0.25, 0.3) is 0 Å². The first-order valence-corrected chi connectivity index (χ1v) is 8.67. The van der Waals surface area contributed by atoms with Crippen molar-refractivity contribution in [1.82, 2.24) is 0 Å². The van der Waals surface area contributed by atoms with Gasteiger partial charge in [0.15, 0.2) is 5.75 Å². The molecule has 0 saturated carbocycles. The minimum absolute atomic E-state index is 0.0344. The summed E-state index contributed by atoms with van der Waals surface area (Å²) in [6.45, 7) is 10.4. The highest BCUT2D eigenvalue weighted by Gasteiger charge is 2.48. The summed E-state index contributed by atoms with van der Waals surface area (Å²) in [6.07, 6.45) is 1.23. The smallest absolute Gasteiger partial charge is 0.150 e. The molecule has 3 atom stereocenters. The Balaban J connectivity index is 2.01. The normalized spacial score (nSPS) is 29.0. The molecule has 1 fully saturated rings. The number of hydrogen-bond acceptors (Lipinski definition) is 2. The molecule has 0 amide bonds. The summed E-state index contributed by atoms with van der Waals surface area (Å²) in [5.74, 6) is 3.25. The first-order chi connectivity index (χ1) is 11.0. The second-order valence-electron chi connectivity index (χ2n) is 7.42. The zero-order valence-corrected chi connectivity index (χ0v) is 14.5. The maximum Gasteiger partial charge on any atom is 0.150 e. The molecule has 1 saturated heterocycles. The fraction of sp³-hybridized carbons (Fsp3) is 0.429. The number of fused-ring (bicyclic) bond motifs is 5. The van der Waals surface area contributed by atoms with Crippen molar-refractivity contribution in [2.24, 2.45) is 11.8 Å². The molecule has 0 radical (unpaired) electrons. The topological polar surface area (TPSA) is 12.5 Å². The van der Waals surface area contributed by atoms with Crippen molar-refractivity contribution in [3.8, 4) is 11.5 Å². The van der Waals surface area contributed by atoms with Crippen molar-refractivity contribution < 1.29 is 4.74 Å². The van der Waals surface area contributed by atoms with E-state index in [9.17, 15) is 0 Å². The fourth-order valence-electron chi connectivity index (χ4n) is 4.39. The molecule has 0 N–H and O–H groups in total. The van der Waals surface area contributed by atoms with E-state index in [0.717, 1.165) is 18.0 Å². The van der Waals surface area contributed by atoms with Crippen LogP contribution in [0.25, 0.3) is 0 Å². The van der Waals surface area contributed by atoms with Crippen molar-refractivity contribution in [2.75, 3.05) is 11.4 Å². The van der Waals surface area contributed by atoms with Crippen LogP contribution in [0.3, 0.4) is 0 Å². The second-order valence-corrected chi connectivity index (χ2v) is 7.42. The molecule has 0 aliphatic carbocycles. The minimum Gasteiger partial charge on any atom is -0.455 e. The predicted molar refractivity (Wildman–Crippen MR) is 95.3 cm³/mol. The maximum atomic E-state index is 6.36. The number of benzene rings is 2. The van der Waals surface area contributed by atoms with Crippen LogP contribution in [0.2, 0.25) is 0 Å². The van der Waals surface area contributed by atoms with Gasteiger partial charge in [-0.05, 0) is 55.9 Å². The minimum atomic E-state index is -0.0344. The van der Waals surface area contributed by atoms with Crippen LogP contribution in [0.15, 0.2) is 42.5 Å². The number of piperidine rings is 1. The van der Waals surface area contributed by atoms with Gasteiger partial charge in [0.1, 0.15) is 5.75 Å². The summed E-state index contributed by atoms with van der Waals surface area (Å²) < 4.78 is 6.36. The summed E-state index contributed by atoms with van der Waals surface area (Å²) in [5.41, 5.74) is 3.80. The van der Waals surface area contributed by atoms with E-state index in [1.807, 2.05) is 0 Å². The average Bonchev–Trinajstić information content (AvgIpc) is 2.65. The Labute approximate surface area is 139 Å². The quantitative estimate of drug-likeness (QED) is 0.637. The van der Waals surface area contributed by atoms with Gasteiger partial charge in [-0.3, -0.25) is 0 Å². The van der Waals surface area contributed by atoms with E-state index in [-0.39, 0.29) is 5.54 Å². The average molecular weight is 307 g/mol. The number of anilines is 1. The molecule has 2 nitrogen and oxygen atoms in total. The number of para-hydroxylation sites is 1. The van der Waals surface area contributed by atoms with Crippen molar-refractivity contribution >= 4 is 5.69 Å². The lowest BCUT2D eigenvalue weighted by molar-refractivity contribution is 0.171. The monoisotopic (exact) mass is 307 g/mol. The molecule has 23 heavy (non-hydrogen) atoms. The Hall–Kier alpha value is -1.96. The lowest BCUT2D eigenvalue weighted by Gasteiger charge is -2.52. The van der Waals surface area contributed by atoms with E-state index in [1.165, 1.54) is 23.2 Å². The van der Waals surface area contributed by atoms with Crippen LogP contribution in [0, 0.1) is 18.8 Å². The standard InChI is InChI=1S/C21H25NO/c1-14-9-10-20-18(13-14)22-12-11-15(2)16(3)21(22,4)17-7-5-6-8-19(17)23-20/h5-10,13,15-16H,11-12H2,1-4H3/t15-,16+,21+/m1/s1. The van der Waals surface area contributed by atoms with Crippen molar-refractivity contribution in [3.63, 3.8) is 0 Å². The molecule has 0 bridgehead atoms. The van der Waals surface area contributed by atoms with Gasteiger partial charge >= 0.3 is 0 Å². The Morgan fingerprint density at radius 3 is 2.70 bits per heavy atom. The van der Waals surface area contributed by atoms with Crippen LogP contribution >= 0.6 is 0 Å². The zero-order chi connectivity index (χ0) is 16.2. The van der Waals surface area contributed by atoms with E-state index in [1.54, 1.807) is 0 Å². The van der Waals surface area contributed by atoms with E-state index >= 15 is 0 Å². The van der Waals surface area contributed by atoms with Gasteiger partial charge in [-0.2, -0.15) is 0 Å². The highest BCUT2D eigenvalue weighted by atomic mass is 16.5. The van der Waals surface area contributed by atoms with Gasteiger partial charge in [0.05, 0.1) is 11.2 Å². The van der Waals surface area contributed by atoms with E-state index < -0.39 is 0 Å². The molecule has 0 spiro atoms. The summed E-state index contributed by atoms with van der Waals surface area (Å²) in [5, 5.41) is 0. The lowest BCUT2D eigenvalue weighted by atomic mass is 9.69. The van der Waals surface area contributed by atoms with Crippen LogP contribution in [-0.4, -0.2) is 6.54 Å². The van der Waals surface area contributed by atoms with Gasteiger partial charge in [-0.1, -0.05) is 38.1 Å². The van der Waals surface area contributed by atoms with Gasteiger partial charge in [-0.15, -0.1) is 0 Å². The molecular formula is C21H25NO. The molecule has 2 heterocycles. The first-order valence-electron chi connectivity index (χ1n) is 8.67. The molecule has 2 aliphatic heterocycles. The summed E-state index contributed by atoms with van der Waals surface area (Å²) >= 11 is 0. The van der Waals surface area contributed by atoms with Crippen molar-refractivity contribution in [3.05, 3.63) is 53.6 Å². The zero-order valence-electron chi connectivity index (χ0n) is 14.5. The molecule has 0 aromatic heterocycles. The van der Waals surface area contributed by atoms with Gasteiger partial charge in [-0.25, -0.2) is 0 Å². The molecule has 120 valence electrons. The Bertz CT molecular complexity index is 753. The number of hydrogen-bond donors (Lipinski definition) is 0. The van der Waals surface area contributed by atoms with Crippen molar-refractivity contribution in [1.29, 1.82) is 0 Å². The first kappa shape index (κ1) is 14.6. The summed E-state index contributed by atoms with van der Waals surface area (Å²) in [4.78, 5) is 2.59. The Kier molecular flexibility index (Phi) is 3.19. The largest absolute Gasteiger partial charge is 0.455 e. The predicted octanol–water partition coefficient (Wildman–Crippen LogP) is 5.50. The van der Waals surface area contributed by atoms with Crippen LogP contribution in [0.4, 0.5) is 5.69 Å².